The number of aryl methyl sites for hydroxylation is 1. The molecule has 180 valence electrons. The van der Waals surface area contributed by atoms with Crippen LogP contribution in [0.15, 0.2) is 78.9 Å². The molecule has 1 N–H and O–H groups in total. The Balaban J connectivity index is 1.27. The highest BCUT2D eigenvalue weighted by atomic mass is 35.5. The van der Waals surface area contributed by atoms with E-state index in [1.165, 1.54) is 0 Å². The van der Waals surface area contributed by atoms with Gasteiger partial charge in [-0.1, -0.05) is 54.1 Å². The number of benzene rings is 3. The maximum Gasteiger partial charge on any atom is 0.262 e. The van der Waals surface area contributed by atoms with E-state index in [1.54, 1.807) is 12.1 Å². The number of rotatable bonds is 7. The van der Waals surface area contributed by atoms with Gasteiger partial charge in [-0.3, -0.25) is 9.59 Å². The highest BCUT2D eigenvalue weighted by Crippen LogP contribution is 2.29. The Morgan fingerprint density at radius 1 is 0.971 bits per heavy atom. The first-order chi connectivity index (χ1) is 17.0. The summed E-state index contributed by atoms with van der Waals surface area (Å²) in [6.07, 6.45) is 3.46. The zero-order valence-corrected chi connectivity index (χ0v) is 20.4. The summed E-state index contributed by atoms with van der Waals surface area (Å²) < 4.78 is 5.55. The Labute approximate surface area is 210 Å². The lowest BCUT2D eigenvalue weighted by molar-refractivity contribution is -0.126. The fourth-order valence-corrected chi connectivity index (χ4v) is 4.20. The van der Waals surface area contributed by atoms with E-state index in [4.69, 9.17) is 16.3 Å². The van der Waals surface area contributed by atoms with Gasteiger partial charge >= 0.3 is 0 Å². The molecule has 0 spiro atoms. The average molecular weight is 490 g/mol. The van der Waals surface area contributed by atoms with Crippen molar-refractivity contribution in [1.82, 2.24) is 4.90 Å². The number of nitrogens with zero attached hydrogens (tertiary/aromatic N) is 2. The van der Waals surface area contributed by atoms with E-state index in [-0.39, 0.29) is 18.4 Å². The molecule has 3 aromatic carbocycles. The van der Waals surface area contributed by atoms with Crippen LogP contribution in [0.1, 0.15) is 11.1 Å². The highest BCUT2D eigenvalue weighted by molar-refractivity contribution is 6.33. The summed E-state index contributed by atoms with van der Waals surface area (Å²) in [5, 5.41) is 3.37. The molecule has 0 saturated carbocycles. The van der Waals surface area contributed by atoms with Crippen molar-refractivity contribution in [2.24, 2.45) is 0 Å². The Morgan fingerprint density at radius 3 is 2.46 bits per heavy atom. The summed E-state index contributed by atoms with van der Waals surface area (Å²) >= 11 is 6.54. The predicted molar refractivity (Wildman–Crippen MR) is 141 cm³/mol. The van der Waals surface area contributed by atoms with E-state index in [0.717, 1.165) is 16.8 Å². The standard InChI is InChI=1S/C28H28ClN3O3/c1-21-6-5-9-24(18-21)35-20-27(33)30-23-11-12-26(25(29)19-23)31-14-16-32(17-15-31)28(34)13-10-22-7-3-2-4-8-22/h2-13,18-19H,14-17,20H2,1H3,(H,30,33)/b13-10+. The number of piperazine rings is 1. The van der Waals surface area contributed by atoms with Crippen LogP contribution in [0, 0.1) is 6.92 Å². The predicted octanol–water partition coefficient (Wildman–Crippen LogP) is 5.03. The number of carbonyl (C=O) groups is 2. The van der Waals surface area contributed by atoms with E-state index in [0.29, 0.717) is 42.6 Å². The molecule has 1 saturated heterocycles. The van der Waals surface area contributed by atoms with Crippen LogP contribution in [0.4, 0.5) is 11.4 Å². The topological polar surface area (TPSA) is 61.9 Å². The van der Waals surface area contributed by atoms with Gasteiger partial charge in [-0.15, -0.1) is 0 Å². The van der Waals surface area contributed by atoms with Crippen molar-refractivity contribution in [3.63, 3.8) is 0 Å². The molecule has 1 fully saturated rings. The maximum absolute atomic E-state index is 12.5. The largest absolute Gasteiger partial charge is 0.484 e. The van der Waals surface area contributed by atoms with Gasteiger partial charge in [-0.25, -0.2) is 0 Å². The first-order valence-corrected chi connectivity index (χ1v) is 11.9. The van der Waals surface area contributed by atoms with Gasteiger partial charge in [-0.05, 0) is 54.5 Å². The minimum Gasteiger partial charge on any atom is -0.484 e. The molecule has 1 heterocycles. The number of carbonyl (C=O) groups excluding carboxylic acids is 2. The highest BCUT2D eigenvalue weighted by Gasteiger charge is 2.21. The van der Waals surface area contributed by atoms with Gasteiger partial charge in [0.05, 0.1) is 10.7 Å². The Hall–Kier alpha value is -3.77. The van der Waals surface area contributed by atoms with Crippen LogP contribution in [0.2, 0.25) is 5.02 Å². The lowest BCUT2D eigenvalue weighted by Crippen LogP contribution is -2.48. The maximum atomic E-state index is 12.5. The first kappa shape index (κ1) is 24.4. The lowest BCUT2D eigenvalue weighted by Gasteiger charge is -2.36. The molecule has 0 aliphatic carbocycles. The number of ether oxygens (including phenoxy) is 1. The summed E-state index contributed by atoms with van der Waals surface area (Å²) in [5.74, 6) is 0.401. The van der Waals surface area contributed by atoms with Crippen molar-refractivity contribution >= 4 is 40.9 Å². The van der Waals surface area contributed by atoms with E-state index in [1.807, 2.05) is 84.6 Å². The number of hydrogen-bond acceptors (Lipinski definition) is 4. The Morgan fingerprint density at radius 2 is 1.74 bits per heavy atom. The average Bonchev–Trinajstić information content (AvgIpc) is 2.87. The molecule has 0 unspecified atom stereocenters. The third-order valence-corrected chi connectivity index (χ3v) is 6.04. The fourth-order valence-electron chi connectivity index (χ4n) is 3.90. The van der Waals surface area contributed by atoms with Crippen molar-refractivity contribution in [1.29, 1.82) is 0 Å². The van der Waals surface area contributed by atoms with E-state index in [2.05, 4.69) is 10.2 Å². The number of amides is 2. The van der Waals surface area contributed by atoms with Crippen molar-refractivity contribution in [2.75, 3.05) is 43.0 Å². The van der Waals surface area contributed by atoms with Gasteiger partial charge in [0.15, 0.2) is 6.61 Å². The van der Waals surface area contributed by atoms with Gasteiger partial charge in [0, 0.05) is 37.9 Å². The number of anilines is 2. The molecule has 7 heteroatoms. The summed E-state index contributed by atoms with van der Waals surface area (Å²) in [7, 11) is 0. The molecular formula is C28H28ClN3O3. The molecule has 0 atom stereocenters. The second kappa shape index (κ2) is 11.6. The molecule has 1 aliphatic rings. The third-order valence-electron chi connectivity index (χ3n) is 5.74. The first-order valence-electron chi connectivity index (χ1n) is 11.5. The van der Waals surface area contributed by atoms with Crippen LogP contribution in [0.3, 0.4) is 0 Å². The second-order valence-electron chi connectivity index (χ2n) is 8.38. The number of nitrogens with one attached hydrogen (secondary N) is 1. The van der Waals surface area contributed by atoms with Gasteiger partial charge < -0.3 is 19.9 Å². The van der Waals surface area contributed by atoms with Crippen LogP contribution >= 0.6 is 11.6 Å². The zero-order chi connectivity index (χ0) is 24.6. The molecule has 35 heavy (non-hydrogen) atoms. The monoisotopic (exact) mass is 489 g/mol. The number of halogens is 1. The molecule has 2 amide bonds. The van der Waals surface area contributed by atoms with Crippen LogP contribution < -0.4 is 15.0 Å². The molecule has 0 aromatic heterocycles. The number of hydrogen-bond donors (Lipinski definition) is 1. The van der Waals surface area contributed by atoms with Gasteiger partial charge in [0.1, 0.15) is 5.75 Å². The minimum absolute atomic E-state index is 0.00513. The third kappa shape index (κ3) is 6.87. The van der Waals surface area contributed by atoms with E-state index in [9.17, 15) is 9.59 Å². The summed E-state index contributed by atoms with van der Waals surface area (Å²) in [6.45, 7) is 4.47. The van der Waals surface area contributed by atoms with Crippen LogP contribution in [0.25, 0.3) is 6.08 Å². The molecule has 0 radical (unpaired) electrons. The molecule has 0 bridgehead atoms. The fraction of sp³-hybridized carbons (Fsp3) is 0.214. The normalized spacial score (nSPS) is 13.7. The van der Waals surface area contributed by atoms with Crippen LogP contribution in [0.5, 0.6) is 5.75 Å². The molecular weight excluding hydrogens is 462 g/mol. The van der Waals surface area contributed by atoms with E-state index >= 15 is 0 Å². The summed E-state index contributed by atoms with van der Waals surface area (Å²) in [5.41, 5.74) is 3.56. The quantitative estimate of drug-likeness (QED) is 0.473. The Kier molecular flexibility index (Phi) is 8.06. The van der Waals surface area contributed by atoms with Crippen LogP contribution in [-0.2, 0) is 9.59 Å². The van der Waals surface area contributed by atoms with Crippen molar-refractivity contribution in [3.8, 4) is 5.75 Å². The van der Waals surface area contributed by atoms with E-state index < -0.39 is 0 Å². The van der Waals surface area contributed by atoms with Gasteiger partial charge in [0.2, 0.25) is 5.91 Å². The van der Waals surface area contributed by atoms with Crippen molar-refractivity contribution in [2.45, 2.75) is 6.92 Å². The smallest absolute Gasteiger partial charge is 0.262 e. The van der Waals surface area contributed by atoms with Gasteiger partial charge in [0.25, 0.3) is 5.91 Å². The molecule has 4 rings (SSSR count). The lowest BCUT2D eigenvalue weighted by atomic mass is 10.2. The van der Waals surface area contributed by atoms with Crippen molar-refractivity contribution < 1.29 is 14.3 Å². The van der Waals surface area contributed by atoms with Gasteiger partial charge in [-0.2, -0.15) is 0 Å². The Bertz CT molecular complexity index is 1210. The second-order valence-corrected chi connectivity index (χ2v) is 8.78. The summed E-state index contributed by atoms with van der Waals surface area (Å²) in [6, 6.07) is 22.8. The molecule has 1 aliphatic heterocycles. The molecule has 6 nitrogen and oxygen atoms in total. The summed E-state index contributed by atoms with van der Waals surface area (Å²) in [4.78, 5) is 28.8. The minimum atomic E-state index is -0.258. The van der Waals surface area contributed by atoms with Crippen LogP contribution in [-0.4, -0.2) is 49.5 Å². The molecule has 3 aromatic rings. The SMILES string of the molecule is Cc1cccc(OCC(=O)Nc2ccc(N3CCN(C(=O)/C=C/c4ccccc4)CC3)c(Cl)c2)c1. The van der Waals surface area contributed by atoms with Crippen molar-refractivity contribution in [3.05, 3.63) is 95.0 Å². The zero-order valence-electron chi connectivity index (χ0n) is 19.6.